The zero-order chi connectivity index (χ0) is 14.3. The maximum atomic E-state index is 11.5. The minimum absolute atomic E-state index is 0.0157. The van der Waals surface area contributed by atoms with E-state index in [1.807, 2.05) is 0 Å². The summed E-state index contributed by atoms with van der Waals surface area (Å²) in [5.74, 6) is 0.0940. The Hall–Kier alpha value is -2.08. The van der Waals surface area contributed by atoms with Gasteiger partial charge in [-0.3, -0.25) is 9.59 Å². The highest BCUT2D eigenvalue weighted by molar-refractivity contribution is 5.93. The van der Waals surface area contributed by atoms with Crippen molar-refractivity contribution in [2.45, 2.75) is 19.8 Å². The summed E-state index contributed by atoms with van der Waals surface area (Å²) in [6, 6.07) is 4.95. The van der Waals surface area contributed by atoms with Gasteiger partial charge in [0.2, 0.25) is 11.8 Å². The largest absolute Gasteiger partial charge is 0.494 e. The van der Waals surface area contributed by atoms with Crippen LogP contribution in [-0.4, -0.2) is 30.6 Å². The second kappa shape index (κ2) is 7.38. The van der Waals surface area contributed by atoms with E-state index >= 15 is 0 Å². The normalized spacial score (nSPS) is 9.84. The van der Waals surface area contributed by atoms with E-state index in [0.717, 1.165) is 0 Å². The summed E-state index contributed by atoms with van der Waals surface area (Å²) in [6.07, 6.45) is 0.680. The molecule has 0 atom stereocenters. The van der Waals surface area contributed by atoms with Gasteiger partial charge in [0, 0.05) is 31.7 Å². The van der Waals surface area contributed by atoms with Crippen LogP contribution in [0.25, 0.3) is 0 Å². The van der Waals surface area contributed by atoms with Crippen molar-refractivity contribution in [3.63, 3.8) is 0 Å². The van der Waals surface area contributed by atoms with Crippen molar-refractivity contribution in [2.24, 2.45) is 0 Å². The molecule has 1 aromatic carbocycles. The first-order chi connectivity index (χ1) is 9.06. The summed E-state index contributed by atoms with van der Waals surface area (Å²) < 4.78 is 5.14. The molecule has 0 saturated heterocycles. The molecule has 0 bridgehead atoms. The highest BCUT2D eigenvalue weighted by Gasteiger charge is 2.08. The van der Waals surface area contributed by atoms with Gasteiger partial charge in [-0.1, -0.05) is 0 Å². The minimum Gasteiger partial charge on any atom is -0.494 e. The topological polar surface area (TPSA) is 87.7 Å². The fourth-order valence-corrected chi connectivity index (χ4v) is 1.52. The molecule has 1 aromatic rings. The Morgan fingerprint density at radius 1 is 1.32 bits per heavy atom. The van der Waals surface area contributed by atoms with E-state index in [1.54, 1.807) is 18.2 Å². The number of methoxy groups -OCH3 is 1. The molecule has 1 rings (SSSR count). The number of hydrogen-bond acceptors (Lipinski definition) is 4. The molecular weight excluding hydrogens is 248 g/mol. The predicted molar refractivity (Wildman–Crippen MR) is 72.2 cm³/mol. The third-order valence-electron chi connectivity index (χ3n) is 2.36. The number of rotatable bonds is 6. The van der Waals surface area contributed by atoms with Gasteiger partial charge >= 0.3 is 0 Å². The Kier molecular flexibility index (Phi) is 5.81. The Morgan fingerprint density at radius 3 is 2.63 bits per heavy atom. The Bertz CT molecular complexity index is 460. The van der Waals surface area contributed by atoms with Gasteiger partial charge in [-0.15, -0.1) is 0 Å². The Morgan fingerprint density at radius 2 is 2.05 bits per heavy atom. The fraction of sp³-hybridized carbons (Fsp3) is 0.385. The van der Waals surface area contributed by atoms with Gasteiger partial charge in [-0.25, -0.2) is 0 Å². The van der Waals surface area contributed by atoms with Crippen LogP contribution in [0, 0.1) is 0 Å². The average Bonchev–Trinajstić information content (AvgIpc) is 2.37. The molecule has 0 radical (unpaired) electrons. The van der Waals surface area contributed by atoms with Crippen molar-refractivity contribution in [3.8, 4) is 5.75 Å². The molecule has 3 N–H and O–H groups in total. The third kappa shape index (κ3) is 4.97. The van der Waals surface area contributed by atoms with Gasteiger partial charge in [0.25, 0.3) is 0 Å². The summed E-state index contributed by atoms with van der Waals surface area (Å²) in [7, 11) is 1.48. The number of nitrogens with one attached hydrogen (secondary N) is 2. The predicted octanol–water partition coefficient (Wildman–Crippen LogP) is 1.36. The van der Waals surface area contributed by atoms with Crippen LogP contribution in [0.3, 0.4) is 0 Å². The van der Waals surface area contributed by atoms with Gasteiger partial charge < -0.3 is 20.5 Å². The first kappa shape index (κ1) is 15.0. The molecule has 0 aliphatic rings. The highest BCUT2D eigenvalue weighted by atomic mass is 16.5. The number of amides is 2. The summed E-state index contributed by atoms with van der Waals surface area (Å²) in [5.41, 5.74) is 1.12. The van der Waals surface area contributed by atoms with Crippen LogP contribution in [0.2, 0.25) is 0 Å². The average molecular weight is 266 g/mol. The molecule has 0 saturated carbocycles. The molecule has 0 unspecified atom stereocenters. The molecule has 0 aromatic heterocycles. The number of benzene rings is 1. The summed E-state index contributed by atoms with van der Waals surface area (Å²) in [6.45, 7) is 1.39. The fourth-order valence-electron chi connectivity index (χ4n) is 1.52. The SMILES string of the molecule is COc1cc(NC(=O)CCCO)ccc1NC(C)=O. The van der Waals surface area contributed by atoms with E-state index in [4.69, 9.17) is 9.84 Å². The molecule has 0 spiro atoms. The van der Waals surface area contributed by atoms with Crippen LogP contribution < -0.4 is 15.4 Å². The highest BCUT2D eigenvalue weighted by Crippen LogP contribution is 2.27. The van der Waals surface area contributed by atoms with Gasteiger partial charge in [-0.05, 0) is 18.6 Å². The van der Waals surface area contributed by atoms with Crippen molar-refractivity contribution in [2.75, 3.05) is 24.4 Å². The minimum atomic E-state index is -0.196. The number of aliphatic hydroxyl groups excluding tert-OH is 1. The van der Waals surface area contributed by atoms with Gasteiger partial charge in [0.1, 0.15) is 5.75 Å². The Labute approximate surface area is 111 Å². The zero-order valence-corrected chi connectivity index (χ0v) is 11.0. The summed E-state index contributed by atoms with van der Waals surface area (Å²) in [4.78, 5) is 22.5. The van der Waals surface area contributed by atoms with Crippen molar-refractivity contribution >= 4 is 23.2 Å². The number of carbonyl (C=O) groups excluding carboxylic acids is 2. The van der Waals surface area contributed by atoms with E-state index < -0.39 is 0 Å². The zero-order valence-electron chi connectivity index (χ0n) is 11.0. The standard InChI is InChI=1S/C13H18N2O4/c1-9(17)14-11-6-5-10(8-12(11)19-2)15-13(18)4-3-7-16/h5-6,8,16H,3-4,7H2,1-2H3,(H,14,17)(H,15,18). The number of carbonyl (C=O) groups is 2. The lowest BCUT2D eigenvalue weighted by Crippen LogP contribution is -2.12. The monoisotopic (exact) mass is 266 g/mol. The lowest BCUT2D eigenvalue weighted by molar-refractivity contribution is -0.116. The summed E-state index contributed by atoms with van der Waals surface area (Å²) in [5, 5.41) is 14.0. The van der Waals surface area contributed by atoms with Crippen molar-refractivity contribution < 1.29 is 19.4 Å². The number of hydrogen-bond donors (Lipinski definition) is 3. The van der Waals surface area contributed by atoms with E-state index in [0.29, 0.717) is 23.5 Å². The van der Waals surface area contributed by atoms with Gasteiger partial charge in [-0.2, -0.15) is 0 Å². The van der Waals surface area contributed by atoms with Crippen LogP contribution in [0.4, 0.5) is 11.4 Å². The second-order valence-corrected chi connectivity index (χ2v) is 3.97. The van der Waals surface area contributed by atoms with Crippen molar-refractivity contribution in [3.05, 3.63) is 18.2 Å². The molecule has 0 heterocycles. The van der Waals surface area contributed by atoms with Gasteiger partial charge in [0.15, 0.2) is 0 Å². The van der Waals surface area contributed by atoms with E-state index in [2.05, 4.69) is 10.6 Å². The molecule has 6 nitrogen and oxygen atoms in total. The molecule has 0 aliphatic carbocycles. The lowest BCUT2D eigenvalue weighted by Gasteiger charge is -2.11. The van der Waals surface area contributed by atoms with Crippen molar-refractivity contribution in [1.82, 2.24) is 0 Å². The molecule has 6 heteroatoms. The van der Waals surface area contributed by atoms with Crippen LogP contribution in [-0.2, 0) is 9.59 Å². The van der Waals surface area contributed by atoms with Crippen LogP contribution in [0.15, 0.2) is 18.2 Å². The van der Waals surface area contributed by atoms with E-state index in [9.17, 15) is 9.59 Å². The van der Waals surface area contributed by atoms with Crippen LogP contribution >= 0.6 is 0 Å². The Balaban J connectivity index is 2.76. The smallest absolute Gasteiger partial charge is 0.224 e. The number of aliphatic hydroxyl groups is 1. The maximum absolute atomic E-state index is 11.5. The second-order valence-electron chi connectivity index (χ2n) is 3.97. The van der Waals surface area contributed by atoms with Crippen LogP contribution in [0.5, 0.6) is 5.75 Å². The first-order valence-electron chi connectivity index (χ1n) is 5.93. The summed E-state index contributed by atoms with van der Waals surface area (Å²) >= 11 is 0. The van der Waals surface area contributed by atoms with E-state index in [1.165, 1.54) is 14.0 Å². The first-order valence-corrected chi connectivity index (χ1v) is 5.93. The van der Waals surface area contributed by atoms with Crippen LogP contribution in [0.1, 0.15) is 19.8 Å². The molecule has 0 aliphatic heterocycles. The lowest BCUT2D eigenvalue weighted by atomic mass is 10.2. The maximum Gasteiger partial charge on any atom is 0.224 e. The van der Waals surface area contributed by atoms with E-state index in [-0.39, 0.29) is 24.8 Å². The molecule has 2 amide bonds. The third-order valence-corrected chi connectivity index (χ3v) is 2.36. The number of anilines is 2. The molecule has 104 valence electrons. The molecule has 0 fully saturated rings. The van der Waals surface area contributed by atoms with Crippen molar-refractivity contribution in [1.29, 1.82) is 0 Å². The quantitative estimate of drug-likeness (QED) is 0.725. The van der Waals surface area contributed by atoms with Gasteiger partial charge in [0.05, 0.1) is 12.8 Å². The molecular formula is C13H18N2O4. The molecule has 19 heavy (non-hydrogen) atoms. The number of ether oxygens (including phenoxy) is 1.